The molecule has 0 atom stereocenters. The summed E-state index contributed by atoms with van der Waals surface area (Å²) < 4.78 is 0. The van der Waals surface area contributed by atoms with Crippen LogP contribution in [0.2, 0.25) is 0 Å². The molecule has 0 aliphatic rings. The second-order valence-electron chi connectivity index (χ2n) is 2.30. The van der Waals surface area contributed by atoms with Crippen molar-refractivity contribution in [2.75, 3.05) is 10.2 Å². The Morgan fingerprint density at radius 2 is 1.08 bits per heavy atom. The van der Waals surface area contributed by atoms with E-state index in [1.165, 1.54) is 0 Å². The fourth-order valence-corrected chi connectivity index (χ4v) is 0.901. The Labute approximate surface area is 70.2 Å². The number of nitrogens with zero attached hydrogens (tertiary/aromatic N) is 2. The van der Waals surface area contributed by atoms with E-state index >= 15 is 0 Å². The van der Waals surface area contributed by atoms with Crippen LogP contribution in [0.1, 0.15) is 0 Å². The van der Waals surface area contributed by atoms with Gasteiger partial charge < -0.3 is 0 Å². The summed E-state index contributed by atoms with van der Waals surface area (Å²) in [5.41, 5.74) is 1.12. The van der Waals surface area contributed by atoms with E-state index in [1.807, 2.05) is 0 Å². The van der Waals surface area contributed by atoms with Crippen molar-refractivity contribution in [1.82, 2.24) is 0 Å². The lowest BCUT2D eigenvalue weighted by atomic mass is 10.3. The Balaban J connectivity index is 3.09. The van der Waals surface area contributed by atoms with Crippen LogP contribution >= 0.6 is 0 Å². The Bertz CT molecular complexity index is 231. The minimum absolute atomic E-state index is 0.558. The standard InChI is InChI=1S/C6H12N6/c7-11(8)5-3-1-2-4-6(5)12(9)10/h1-4H,7-10H2. The lowest BCUT2D eigenvalue weighted by Crippen LogP contribution is -2.43. The Hall–Kier alpha value is -1.34. The average molecular weight is 168 g/mol. The van der Waals surface area contributed by atoms with Crippen LogP contribution in [0.25, 0.3) is 0 Å². The van der Waals surface area contributed by atoms with Crippen molar-refractivity contribution in [3.05, 3.63) is 24.3 Å². The highest BCUT2D eigenvalue weighted by atomic mass is 15.6. The Morgan fingerprint density at radius 1 is 0.750 bits per heavy atom. The van der Waals surface area contributed by atoms with E-state index in [1.54, 1.807) is 24.3 Å². The molecule has 0 amide bonds. The number of benzene rings is 1. The molecular weight excluding hydrogens is 156 g/mol. The van der Waals surface area contributed by atoms with Crippen LogP contribution in [0, 0.1) is 0 Å². The number of nitrogens with two attached hydrogens (primary N) is 4. The van der Waals surface area contributed by atoms with Crippen LogP contribution in [-0.2, 0) is 0 Å². The summed E-state index contributed by atoms with van der Waals surface area (Å²) in [5, 5.41) is 1.92. The maximum atomic E-state index is 5.33. The van der Waals surface area contributed by atoms with Crippen molar-refractivity contribution >= 4 is 11.4 Å². The molecule has 6 heteroatoms. The van der Waals surface area contributed by atoms with Crippen LogP contribution in [0.15, 0.2) is 24.3 Å². The van der Waals surface area contributed by atoms with Gasteiger partial charge in [0.05, 0.1) is 11.4 Å². The van der Waals surface area contributed by atoms with Gasteiger partial charge in [0.15, 0.2) is 0 Å². The summed E-state index contributed by atoms with van der Waals surface area (Å²) >= 11 is 0. The molecule has 0 unspecified atom stereocenters. The van der Waals surface area contributed by atoms with Gasteiger partial charge in [0, 0.05) is 0 Å². The number of hydrogen-bond acceptors (Lipinski definition) is 6. The molecule has 0 radical (unpaired) electrons. The van der Waals surface area contributed by atoms with Crippen molar-refractivity contribution in [3.8, 4) is 0 Å². The van der Waals surface area contributed by atoms with Crippen LogP contribution < -0.4 is 33.6 Å². The van der Waals surface area contributed by atoms with Crippen molar-refractivity contribution in [2.24, 2.45) is 23.4 Å². The third-order valence-corrected chi connectivity index (χ3v) is 1.44. The maximum absolute atomic E-state index is 5.33. The molecule has 0 heterocycles. The third kappa shape index (κ3) is 1.63. The molecule has 8 N–H and O–H groups in total. The minimum atomic E-state index is 0.558. The van der Waals surface area contributed by atoms with Crippen molar-refractivity contribution in [2.45, 2.75) is 0 Å². The van der Waals surface area contributed by atoms with Gasteiger partial charge >= 0.3 is 0 Å². The smallest absolute Gasteiger partial charge is 0.0960 e. The Morgan fingerprint density at radius 3 is 1.33 bits per heavy atom. The first-order valence-corrected chi connectivity index (χ1v) is 3.31. The highest BCUT2D eigenvalue weighted by Gasteiger charge is 2.05. The third-order valence-electron chi connectivity index (χ3n) is 1.44. The lowest BCUT2D eigenvalue weighted by Gasteiger charge is -2.19. The molecule has 66 valence electrons. The molecule has 0 aromatic heterocycles. The highest BCUT2D eigenvalue weighted by Crippen LogP contribution is 2.22. The van der Waals surface area contributed by atoms with E-state index in [0.29, 0.717) is 11.4 Å². The van der Waals surface area contributed by atoms with Crippen LogP contribution in [0.3, 0.4) is 0 Å². The van der Waals surface area contributed by atoms with E-state index < -0.39 is 0 Å². The average Bonchev–Trinajstić information content (AvgIpc) is 2.04. The first kappa shape index (κ1) is 8.75. The molecule has 0 aliphatic carbocycles. The monoisotopic (exact) mass is 168 g/mol. The summed E-state index contributed by atoms with van der Waals surface area (Å²) in [5.74, 6) is 21.3. The zero-order valence-corrected chi connectivity index (χ0v) is 6.51. The summed E-state index contributed by atoms with van der Waals surface area (Å²) in [6.07, 6.45) is 0. The molecule has 1 rings (SSSR count). The van der Waals surface area contributed by atoms with Gasteiger partial charge in [-0.25, -0.2) is 33.6 Å². The van der Waals surface area contributed by atoms with Gasteiger partial charge in [-0.3, -0.25) is 0 Å². The fraction of sp³-hybridized carbons (Fsp3) is 0. The molecule has 12 heavy (non-hydrogen) atoms. The number of anilines is 2. The van der Waals surface area contributed by atoms with E-state index in [9.17, 15) is 0 Å². The van der Waals surface area contributed by atoms with Crippen molar-refractivity contribution in [1.29, 1.82) is 0 Å². The summed E-state index contributed by atoms with van der Waals surface area (Å²) in [4.78, 5) is 0. The largest absolute Gasteiger partial charge is 0.245 e. The molecule has 0 spiro atoms. The number of hydrazine groups is 4. The van der Waals surface area contributed by atoms with Gasteiger partial charge in [0.25, 0.3) is 0 Å². The summed E-state index contributed by atoms with van der Waals surface area (Å²) in [6.45, 7) is 0. The molecule has 1 aromatic rings. The van der Waals surface area contributed by atoms with Crippen LogP contribution in [-0.4, -0.2) is 0 Å². The van der Waals surface area contributed by atoms with E-state index in [2.05, 4.69) is 0 Å². The van der Waals surface area contributed by atoms with Crippen LogP contribution in [0.5, 0.6) is 0 Å². The predicted molar refractivity (Wildman–Crippen MR) is 48.1 cm³/mol. The molecule has 0 saturated carbocycles. The normalized spacial score (nSPS) is 9.67. The Kier molecular flexibility index (Phi) is 2.46. The fourth-order valence-electron chi connectivity index (χ4n) is 0.901. The molecular formula is C6H12N6. The summed E-state index contributed by atoms with van der Waals surface area (Å²) in [7, 11) is 0. The predicted octanol–water partition coefficient (Wildman–Crippen LogP) is -1.21. The first-order valence-electron chi connectivity index (χ1n) is 3.31. The SMILES string of the molecule is NN(N)c1ccccc1N(N)N. The molecule has 0 aliphatic heterocycles. The molecule has 0 saturated heterocycles. The topological polar surface area (TPSA) is 111 Å². The van der Waals surface area contributed by atoms with Gasteiger partial charge in [-0.2, -0.15) is 0 Å². The van der Waals surface area contributed by atoms with Gasteiger partial charge in [-0.05, 0) is 12.1 Å². The summed E-state index contributed by atoms with van der Waals surface area (Å²) in [6, 6.07) is 6.99. The second kappa shape index (κ2) is 3.37. The second-order valence-corrected chi connectivity index (χ2v) is 2.30. The molecule has 1 aromatic carbocycles. The lowest BCUT2D eigenvalue weighted by molar-refractivity contribution is 0.882. The number of para-hydroxylation sites is 2. The van der Waals surface area contributed by atoms with Crippen molar-refractivity contribution in [3.63, 3.8) is 0 Å². The minimum Gasteiger partial charge on any atom is -0.245 e. The maximum Gasteiger partial charge on any atom is 0.0960 e. The van der Waals surface area contributed by atoms with E-state index in [4.69, 9.17) is 23.4 Å². The van der Waals surface area contributed by atoms with Crippen molar-refractivity contribution < 1.29 is 0 Å². The van der Waals surface area contributed by atoms with Gasteiger partial charge in [-0.15, -0.1) is 0 Å². The van der Waals surface area contributed by atoms with Gasteiger partial charge in [0.1, 0.15) is 0 Å². The number of rotatable bonds is 2. The zero-order valence-electron chi connectivity index (χ0n) is 6.51. The quantitative estimate of drug-likeness (QED) is 0.326. The molecule has 0 bridgehead atoms. The molecule has 6 nitrogen and oxygen atoms in total. The number of hydrogen-bond donors (Lipinski definition) is 4. The van der Waals surface area contributed by atoms with Gasteiger partial charge in [0.2, 0.25) is 0 Å². The van der Waals surface area contributed by atoms with Gasteiger partial charge in [-0.1, -0.05) is 12.1 Å². The van der Waals surface area contributed by atoms with Crippen LogP contribution in [0.4, 0.5) is 11.4 Å². The van der Waals surface area contributed by atoms with E-state index in [0.717, 1.165) is 10.2 Å². The first-order chi connectivity index (χ1) is 5.63. The molecule has 0 fully saturated rings. The van der Waals surface area contributed by atoms with E-state index in [-0.39, 0.29) is 0 Å². The highest BCUT2D eigenvalue weighted by molar-refractivity contribution is 5.68. The zero-order chi connectivity index (χ0) is 9.14.